The van der Waals surface area contributed by atoms with Crippen LogP contribution in [0, 0.1) is 18.4 Å². The number of nitrogens with zero attached hydrogens (tertiary/aromatic N) is 2. The molecule has 0 aliphatic rings. The molecule has 0 aromatic heterocycles. The van der Waals surface area contributed by atoms with E-state index in [1.807, 2.05) is 31.2 Å². The maximum absolute atomic E-state index is 10.4. The van der Waals surface area contributed by atoms with E-state index in [-0.39, 0.29) is 0 Å². The molecule has 0 aliphatic heterocycles. The van der Waals surface area contributed by atoms with Crippen LogP contribution in [0.3, 0.4) is 0 Å². The number of rotatable bonds is 8. The molecule has 0 amide bonds. The minimum atomic E-state index is 0.497. The van der Waals surface area contributed by atoms with Gasteiger partial charge in [0, 0.05) is 0 Å². The predicted molar refractivity (Wildman–Crippen MR) is 94.8 cm³/mol. The van der Waals surface area contributed by atoms with Crippen LogP contribution >= 0.6 is 0 Å². The smallest absolute Gasteiger partial charge is 0.292 e. The van der Waals surface area contributed by atoms with Gasteiger partial charge in [-0.1, -0.05) is 18.2 Å². The molecule has 0 spiro atoms. The van der Waals surface area contributed by atoms with Crippen molar-refractivity contribution in [3.05, 3.63) is 53.1 Å². The molecule has 0 unspecified atom stereocenters. The van der Waals surface area contributed by atoms with Crippen LogP contribution in [0.2, 0.25) is 0 Å². The van der Waals surface area contributed by atoms with Gasteiger partial charge in [0.25, 0.3) is 6.26 Å². The van der Waals surface area contributed by atoms with E-state index in [1.54, 1.807) is 19.4 Å². The molecule has 5 nitrogen and oxygen atoms in total. The first-order valence-corrected chi connectivity index (χ1v) is 8.08. The van der Waals surface area contributed by atoms with Crippen molar-refractivity contribution in [2.75, 3.05) is 7.11 Å². The lowest BCUT2D eigenvalue weighted by molar-refractivity contribution is 0.415. The first-order chi connectivity index (χ1) is 12.2. The maximum Gasteiger partial charge on any atom is 0.292 e. The van der Waals surface area contributed by atoms with Gasteiger partial charge in [-0.3, -0.25) is 0 Å². The number of hydrogen-bond acceptors (Lipinski definition) is 5. The van der Waals surface area contributed by atoms with Gasteiger partial charge in [-0.25, -0.2) is 4.79 Å². The lowest BCUT2D eigenvalue weighted by Gasteiger charge is -2.08. The summed E-state index contributed by atoms with van der Waals surface area (Å²) in [6, 6.07) is 11.5. The highest BCUT2D eigenvalue weighted by Crippen LogP contribution is 2.28. The van der Waals surface area contributed by atoms with Crippen molar-refractivity contribution in [1.82, 2.24) is 0 Å². The van der Waals surface area contributed by atoms with Crippen molar-refractivity contribution < 1.29 is 14.3 Å². The summed E-state index contributed by atoms with van der Waals surface area (Å²) in [4.78, 5) is 14.0. The van der Waals surface area contributed by atoms with Gasteiger partial charge in [-0.05, 0) is 67.5 Å². The van der Waals surface area contributed by atoms with Gasteiger partial charge in [-0.15, -0.1) is 5.26 Å². The number of methoxy groups -OCH3 is 1. The number of ether oxygens (including phenoxy) is 2. The predicted octanol–water partition coefficient (Wildman–Crippen LogP) is 4.40. The molecule has 0 heterocycles. The van der Waals surface area contributed by atoms with Crippen LogP contribution in [0.4, 0.5) is 5.69 Å². The van der Waals surface area contributed by atoms with E-state index in [0.717, 1.165) is 36.8 Å². The van der Waals surface area contributed by atoms with Gasteiger partial charge in [0.1, 0.15) is 17.2 Å². The molecular weight excluding hydrogens is 316 g/mol. The van der Waals surface area contributed by atoms with Crippen LogP contribution in [0.5, 0.6) is 11.5 Å². The number of aliphatic imine (C=N–C) groups is 1. The molecule has 0 atom stereocenters. The number of unbranched alkanes of at least 4 members (excludes halogenated alkanes) is 1. The summed E-state index contributed by atoms with van der Waals surface area (Å²) >= 11 is 0. The molecule has 2 rings (SSSR count). The average Bonchev–Trinajstić information content (AvgIpc) is 2.62. The third-order valence-electron chi connectivity index (χ3n) is 3.99. The zero-order valence-electron chi connectivity index (χ0n) is 14.4. The normalized spacial score (nSPS) is 9.80. The molecule has 0 radical (unpaired) electrons. The summed E-state index contributed by atoms with van der Waals surface area (Å²) in [6.07, 6.45) is 7.21. The molecule has 25 heavy (non-hydrogen) atoms. The van der Waals surface area contributed by atoms with E-state index < -0.39 is 0 Å². The minimum absolute atomic E-state index is 0.497. The van der Waals surface area contributed by atoms with Gasteiger partial charge in [0.05, 0.1) is 7.11 Å². The molecule has 0 saturated carbocycles. The first-order valence-electron chi connectivity index (χ1n) is 8.08. The van der Waals surface area contributed by atoms with Crippen molar-refractivity contribution in [1.29, 1.82) is 5.26 Å². The third-order valence-corrected chi connectivity index (χ3v) is 3.99. The molecule has 128 valence electrons. The zero-order valence-corrected chi connectivity index (χ0v) is 14.4. The van der Waals surface area contributed by atoms with Crippen molar-refractivity contribution in [2.24, 2.45) is 4.99 Å². The van der Waals surface area contributed by atoms with Crippen LogP contribution in [-0.2, 0) is 17.6 Å². The monoisotopic (exact) mass is 336 g/mol. The summed E-state index contributed by atoms with van der Waals surface area (Å²) < 4.78 is 10.1. The third kappa shape index (κ3) is 5.20. The maximum atomic E-state index is 10.4. The topological polar surface area (TPSA) is 71.7 Å². The van der Waals surface area contributed by atoms with Crippen LogP contribution < -0.4 is 9.47 Å². The van der Waals surface area contributed by atoms with E-state index in [4.69, 9.17) is 14.7 Å². The standard InChI is InChI=1S/C20H20N2O3/c1-15-11-16(8-10-19(15)25-13-21)5-3-4-6-17-7-9-18(22-14-23)20(12-17)24-2/h7-12H,3-6H2,1-2H3. The Morgan fingerprint density at radius 2 is 1.72 bits per heavy atom. The molecule has 2 aromatic carbocycles. The minimum Gasteiger partial charge on any atom is -0.494 e. The van der Waals surface area contributed by atoms with Gasteiger partial charge >= 0.3 is 0 Å². The van der Waals surface area contributed by atoms with Crippen LogP contribution in [0.15, 0.2) is 41.4 Å². The fraction of sp³-hybridized carbons (Fsp3) is 0.300. The number of hydrogen-bond donors (Lipinski definition) is 0. The fourth-order valence-corrected chi connectivity index (χ4v) is 2.71. The van der Waals surface area contributed by atoms with Crippen LogP contribution in [-0.4, -0.2) is 13.2 Å². The summed E-state index contributed by atoms with van der Waals surface area (Å²) in [6.45, 7) is 1.94. The molecular formula is C20H20N2O3. The van der Waals surface area contributed by atoms with E-state index in [2.05, 4.69) is 11.1 Å². The highest BCUT2D eigenvalue weighted by atomic mass is 16.5. The SMILES string of the molecule is COc1cc(CCCCc2ccc(OC#N)c(C)c2)ccc1N=C=O. The van der Waals surface area contributed by atoms with E-state index in [1.165, 1.54) is 11.6 Å². The van der Waals surface area contributed by atoms with E-state index in [9.17, 15) is 4.79 Å². The number of nitriles is 1. The summed E-state index contributed by atoms with van der Waals surface area (Å²) in [5, 5.41) is 8.57. The van der Waals surface area contributed by atoms with Crippen molar-refractivity contribution in [3.8, 4) is 17.8 Å². The Hall–Kier alpha value is -3.09. The second-order valence-corrected chi connectivity index (χ2v) is 5.71. The van der Waals surface area contributed by atoms with E-state index in [0.29, 0.717) is 17.2 Å². The van der Waals surface area contributed by atoms with Gasteiger partial charge in [-0.2, -0.15) is 4.99 Å². The Labute approximate surface area is 147 Å². The Bertz CT molecular complexity index is 818. The quantitative estimate of drug-likeness (QED) is 0.310. The number of aryl methyl sites for hydroxylation is 3. The molecule has 5 heteroatoms. The van der Waals surface area contributed by atoms with Crippen molar-refractivity contribution in [2.45, 2.75) is 32.6 Å². The van der Waals surface area contributed by atoms with E-state index >= 15 is 0 Å². The Morgan fingerprint density at radius 3 is 2.32 bits per heavy atom. The first kappa shape index (κ1) is 18.3. The molecule has 0 saturated heterocycles. The molecule has 0 bridgehead atoms. The number of isocyanates is 1. The fourth-order valence-electron chi connectivity index (χ4n) is 2.71. The van der Waals surface area contributed by atoms with Crippen molar-refractivity contribution in [3.63, 3.8) is 0 Å². The lowest BCUT2D eigenvalue weighted by atomic mass is 10.0. The summed E-state index contributed by atoms with van der Waals surface area (Å²) in [5.41, 5.74) is 3.85. The molecule has 2 aromatic rings. The highest BCUT2D eigenvalue weighted by molar-refractivity contribution is 5.58. The molecule has 0 aliphatic carbocycles. The Morgan fingerprint density at radius 1 is 1.04 bits per heavy atom. The van der Waals surface area contributed by atoms with Crippen molar-refractivity contribution >= 4 is 11.8 Å². The lowest BCUT2D eigenvalue weighted by Crippen LogP contribution is -1.93. The van der Waals surface area contributed by atoms with Crippen LogP contribution in [0.25, 0.3) is 0 Å². The van der Waals surface area contributed by atoms with Gasteiger partial charge in [0.15, 0.2) is 0 Å². The van der Waals surface area contributed by atoms with Gasteiger partial charge < -0.3 is 9.47 Å². The Kier molecular flexibility index (Phi) is 6.76. The highest BCUT2D eigenvalue weighted by Gasteiger charge is 2.05. The van der Waals surface area contributed by atoms with Crippen LogP contribution in [0.1, 0.15) is 29.5 Å². The molecule has 0 fully saturated rings. The largest absolute Gasteiger partial charge is 0.494 e. The zero-order chi connectivity index (χ0) is 18.1. The Balaban J connectivity index is 1.88. The summed E-state index contributed by atoms with van der Waals surface area (Å²) in [7, 11) is 1.56. The number of carbonyl (C=O) groups excluding carboxylic acids is 1. The molecule has 0 N–H and O–H groups in total. The number of benzene rings is 2. The summed E-state index contributed by atoms with van der Waals surface area (Å²) in [5.74, 6) is 1.20. The average molecular weight is 336 g/mol. The second kappa shape index (κ2) is 9.27. The second-order valence-electron chi connectivity index (χ2n) is 5.71. The van der Waals surface area contributed by atoms with Gasteiger partial charge in [0.2, 0.25) is 6.08 Å².